The molecule has 0 heterocycles. The van der Waals surface area contributed by atoms with Crippen molar-refractivity contribution < 1.29 is 26.2 Å². The molecule has 1 N–H and O–H groups in total. The summed E-state index contributed by atoms with van der Waals surface area (Å²) in [5, 5.41) is 3.09. The lowest BCUT2D eigenvalue weighted by Crippen LogP contribution is -3.00. The first-order chi connectivity index (χ1) is 7.80. The smallest absolute Gasteiger partial charge is 0.323 e. The topological polar surface area (TPSA) is 38.3 Å². The molecule has 1 unspecified atom stereocenters. The van der Waals surface area contributed by atoms with Gasteiger partial charge in [0.15, 0.2) is 0 Å². The van der Waals surface area contributed by atoms with Crippen LogP contribution in [0.1, 0.15) is 27.7 Å². The predicted octanol–water partition coefficient (Wildman–Crippen LogP) is -0.519. The van der Waals surface area contributed by atoms with Crippen LogP contribution < -0.4 is 17.5 Å². The van der Waals surface area contributed by atoms with E-state index in [-0.39, 0.29) is 18.4 Å². The van der Waals surface area contributed by atoms with Crippen LogP contribution in [0.4, 0.5) is 0 Å². The largest absolute Gasteiger partial charge is 1.00 e. The molecule has 4 nitrogen and oxygen atoms in total. The summed E-state index contributed by atoms with van der Waals surface area (Å²) in [5.74, 6) is -0.332. The Labute approximate surface area is 126 Å². The van der Waals surface area contributed by atoms with Crippen LogP contribution in [0.2, 0.25) is 0 Å². The first-order valence-corrected chi connectivity index (χ1v) is 9.48. The van der Waals surface area contributed by atoms with E-state index < -0.39 is 11.7 Å². The number of hydrogen-bond donors (Lipinski definition) is 1. The molecule has 0 bridgehead atoms. The van der Waals surface area contributed by atoms with Crippen molar-refractivity contribution in [3.63, 3.8) is 0 Å². The third-order valence-corrected chi connectivity index (χ3v) is 8.48. The number of nitrogens with zero attached hydrogens (tertiary/aromatic N) is 1. The highest BCUT2D eigenvalue weighted by molar-refractivity contribution is 8.23. The number of halogens is 2. The second kappa shape index (κ2) is 8.72. The molecule has 18 heavy (non-hydrogen) atoms. The van der Waals surface area contributed by atoms with E-state index >= 15 is 0 Å². The zero-order valence-electron chi connectivity index (χ0n) is 11.6. The number of ether oxygens (including phenoxy) is 1. The fourth-order valence-corrected chi connectivity index (χ4v) is 6.64. The number of nitrogens with one attached hydrogen (secondary N) is 1. The standard InChI is InChI=1S/C10H23ClN2O2PS.ClH/c1-6-13(7-2,8-3)16(11,17)12-9(4)10(14)15-5;/h9H,6-8H2,1-5H3,(H,12,17);1H/q+1;/p-1/t9-,16?;/m1./s1. The molecular formula is C10H23Cl2N2O2PS. The highest BCUT2D eigenvalue weighted by atomic mass is 35.7. The lowest BCUT2D eigenvalue weighted by molar-refractivity contribution is -0.801. The fourth-order valence-electron chi connectivity index (χ4n) is 1.81. The highest BCUT2D eigenvalue weighted by Gasteiger charge is 2.40. The number of carbonyl (C=O) groups is 1. The molecule has 0 radical (unpaired) electrons. The normalized spacial score (nSPS) is 16.3. The van der Waals surface area contributed by atoms with Gasteiger partial charge in [0.1, 0.15) is 6.04 Å². The molecule has 0 aliphatic rings. The maximum Gasteiger partial charge on any atom is 0.323 e. The summed E-state index contributed by atoms with van der Waals surface area (Å²) in [4.78, 5) is 11.4. The van der Waals surface area contributed by atoms with Gasteiger partial charge < -0.3 is 17.1 Å². The van der Waals surface area contributed by atoms with E-state index in [4.69, 9.17) is 23.0 Å². The number of rotatable bonds is 7. The van der Waals surface area contributed by atoms with Crippen molar-refractivity contribution in [1.82, 2.24) is 5.09 Å². The quantitative estimate of drug-likeness (QED) is 0.501. The molecule has 110 valence electrons. The van der Waals surface area contributed by atoms with Gasteiger partial charge >= 0.3 is 5.97 Å². The van der Waals surface area contributed by atoms with Gasteiger partial charge in [0.2, 0.25) is 0 Å². The minimum Gasteiger partial charge on any atom is -1.00 e. The second-order valence-corrected chi connectivity index (χ2v) is 9.69. The Morgan fingerprint density at radius 3 is 2.06 bits per heavy atom. The summed E-state index contributed by atoms with van der Waals surface area (Å²) < 4.78 is 5.31. The Morgan fingerprint density at radius 1 is 1.39 bits per heavy atom. The van der Waals surface area contributed by atoms with Crippen LogP contribution in [-0.4, -0.2) is 43.0 Å². The maximum atomic E-state index is 11.4. The SMILES string of the molecule is CC[N+](CC)(CC)P(=S)(Cl)N[C@H](C)C(=O)OC.[Cl-]. The average Bonchev–Trinajstić information content (AvgIpc) is 2.29. The molecule has 0 aliphatic carbocycles. The van der Waals surface area contributed by atoms with Crippen LogP contribution in [0.25, 0.3) is 0 Å². The van der Waals surface area contributed by atoms with E-state index in [0.717, 1.165) is 19.6 Å². The van der Waals surface area contributed by atoms with Crippen molar-refractivity contribution in [1.29, 1.82) is 0 Å². The Balaban J connectivity index is 0. The maximum absolute atomic E-state index is 11.4. The van der Waals surface area contributed by atoms with E-state index in [0.29, 0.717) is 4.25 Å². The van der Waals surface area contributed by atoms with Crippen molar-refractivity contribution in [2.45, 2.75) is 33.7 Å². The van der Waals surface area contributed by atoms with Crippen LogP contribution in [0, 0.1) is 0 Å². The number of carbonyl (C=O) groups excluding carboxylic acids is 1. The Bertz CT molecular complexity index is 306. The minimum absolute atomic E-state index is 0. The van der Waals surface area contributed by atoms with E-state index in [2.05, 4.69) is 30.6 Å². The Morgan fingerprint density at radius 2 is 1.78 bits per heavy atom. The monoisotopic (exact) mass is 336 g/mol. The number of esters is 1. The zero-order chi connectivity index (χ0) is 13.7. The first kappa shape index (κ1) is 20.9. The first-order valence-electron chi connectivity index (χ1n) is 5.82. The molecule has 0 rings (SSSR count). The van der Waals surface area contributed by atoms with Crippen molar-refractivity contribution in [3.05, 3.63) is 0 Å². The van der Waals surface area contributed by atoms with Gasteiger partial charge in [-0.15, -0.1) is 0 Å². The van der Waals surface area contributed by atoms with Gasteiger partial charge in [-0.1, -0.05) is 0 Å². The Kier molecular flexibility index (Phi) is 10.1. The molecule has 8 heteroatoms. The molecule has 0 aromatic heterocycles. The second-order valence-electron chi connectivity index (χ2n) is 3.92. The van der Waals surface area contributed by atoms with Crippen LogP contribution in [-0.2, 0) is 21.3 Å². The van der Waals surface area contributed by atoms with E-state index in [1.165, 1.54) is 7.11 Å². The van der Waals surface area contributed by atoms with Crippen molar-refractivity contribution in [2.24, 2.45) is 0 Å². The highest BCUT2D eigenvalue weighted by Crippen LogP contribution is 2.57. The number of hydrogen-bond acceptors (Lipinski definition) is 3. The molecule has 0 fully saturated rings. The van der Waals surface area contributed by atoms with Crippen molar-refractivity contribution >= 4 is 34.7 Å². The molecule has 0 aromatic rings. The fraction of sp³-hybridized carbons (Fsp3) is 0.900. The van der Waals surface area contributed by atoms with Gasteiger partial charge in [0.05, 0.1) is 26.7 Å². The summed E-state index contributed by atoms with van der Waals surface area (Å²) in [6.07, 6.45) is 0. The summed E-state index contributed by atoms with van der Waals surface area (Å²) in [7, 11) is 1.36. The molecule has 0 spiro atoms. The molecule has 0 aromatic carbocycles. The summed E-state index contributed by atoms with van der Waals surface area (Å²) in [6, 6.07) is -0.467. The molecule has 0 saturated carbocycles. The molecule has 0 amide bonds. The third kappa shape index (κ3) is 4.62. The third-order valence-electron chi connectivity index (χ3n) is 3.22. The summed E-state index contributed by atoms with van der Waals surface area (Å²) in [5.41, 5.74) is -2.36. The minimum atomic E-state index is -2.36. The van der Waals surface area contributed by atoms with Gasteiger partial charge in [-0.25, -0.2) is 5.09 Å². The van der Waals surface area contributed by atoms with Crippen LogP contribution in [0.3, 0.4) is 0 Å². The lowest BCUT2D eigenvalue weighted by Gasteiger charge is -2.42. The van der Waals surface area contributed by atoms with Crippen LogP contribution in [0.5, 0.6) is 0 Å². The number of quaternary nitrogens is 1. The van der Waals surface area contributed by atoms with Crippen LogP contribution >= 0.6 is 16.9 Å². The Hall–Kier alpha value is 0.620. The van der Waals surface area contributed by atoms with Crippen molar-refractivity contribution in [3.8, 4) is 0 Å². The van der Waals surface area contributed by atoms with Gasteiger partial charge in [0.25, 0.3) is 5.69 Å². The van der Waals surface area contributed by atoms with E-state index in [9.17, 15) is 4.79 Å². The molecule has 0 aliphatic heterocycles. The average molecular weight is 337 g/mol. The zero-order valence-corrected chi connectivity index (χ0v) is 14.8. The summed E-state index contributed by atoms with van der Waals surface area (Å²) >= 11 is 12.1. The van der Waals surface area contributed by atoms with E-state index in [1.807, 2.05) is 0 Å². The van der Waals surface area contributed by atoms with Gasteiger partial charge in [0, 0.05) is 0 Å². The molecule has 2 atom stereocenters. The molecular weight excluding hydrogens is 314 g/mol. The lowest BCUT2D eigenvalue weighted by atomic mass is 10.4. The molecule has 0 saturated heterocycles. The van der Waals surface area contributed by atoms with Gasteiger partial charge in [-0.3, -0.25) is 9.05 Å². The van der Waals surface area contributed by atoms with Gasteiger partial charge in [-0.05, 0) is 50.7 Å². The summed E-state index contributed by atoms with van der Waals surface area (Å²) in [6.45, 7) is 10.5. The van der Waals surface area contributed by atoms with Gasteiger partial charge in [-0.2, -0.15) is 0 Å². The van der Waals surface area contributed by atoms with E-state index in [1.54, 1.807) is 6.92 Å². The predicted molar refractivity (Wildman–Crippen MR) is 76.6 cm³/mol. The van der Waals surface area contributed by atoms with Crippen molar-refractivity contribution in [2.75, 3.05) is 26.7 Å². The number of methoxy groups -OCH3 is 1. The van der Waals surface area contributed by atoms with Crippen LogP contribution in [0.15, 0.2) is 0 Å².